The molecule has 0 saturated carbocycles. The average Bonchev–Trinajstić information content (AvgIpc) is 2.54. The van der Waals surface area contributed by atoms with E-state index in [1.165, 1.54) is 0 Å². The van der Waals surface area contributed by atoms with E-state index in [9.17, 15) is 0 Å². The highest BCUT2D eigenvalue weighted by atomic mass is 35.5. The first kappa shape index (κ1) is 17.9. The van der Waals surface area contributed by atoms with Crippen LogP contribution in [0.25, 0.3) is 0 Å². The molecule has 1 unspecified atom stereocenters. The molecule has 0 aliphatic rings. The summed E-state index contributed by atoms with van der Waals surface area (Å²) in [7, 11) is 1.64. The molecular formula is C17H20Cl2N2O2. The van der Waals surface area contributed by atoms with Gasteiger partial charge in [-0.3, -0.25) is 0 Å². The van der Waals surface area contributed by atoms with Crippen molar-refractivity contribution in [3.05, 3.63) is 58.1 Å². The third kappa shape index (κ3) is 5.59. The largest absolute Gasteiger partial charge is 0.489 e. The number of benzene rings is 2. The summed E-state index contributed by atoms with van der Waals surface area (Å²) >= 11 is 12.2. The quantitative estimate of drug-likeness (QED) is 0.753. The van der Waals surface area contributed by atoms with E-state index in [2.05, 4.69) is 5.32 Å². The Balaban J connectivity index is 1.88. The van der Waals surface area contributed by atoms with Gasteiger partial charge in [-0.2, -0.15) is 0 Å². The van der Waals surface area contributed by atoms with Crippen molar-refractivity contribution in [3.63, 3.8) is 0 Å². The summed E-state index contributed by atoms with van der Waals surface area (Å²) in [6.45, 7) is 1.49. The molecule has 23 heavy (non-hydrogen) atoms. The van der Waals surface area contributed by atoms with Crippen LogP contribution in [0.15, 0.2) is 42.5 Å². The highest BCUT2D eigenvalue weighted by molar-refractivity contribution is 6.35. The van der Waals surface area contributed by atoms with Crippen LogP contribution in [0.4, 0.5) is 5.69 Å². The topological polar surface area (TPSA) is 56.5 Å². The van der Waals surface area contributed by atoms with Crippen molar-refractivity contribution in [3.8, 4) is 5.75 Å². The van der Waals surface area contributed by atoms with E-state index in [0.29, 0.717) is 29.8 Å². The first-order chi connectivity index (χ1) is 11.1. The van der Waals surface area contributed by atoms with Crippen molar-refractivity contribution in [2.75, 3.05) is 25.6 Å². The zero-order chi connectivity index (χ0) is 16.7. The average molecular weight is 355 g/mol. The van der Waals surface area contributed by atoms with Crippen molar-refractivity contribution < 1.29 is 9.47 Å². The molecule has 6 heteroatoms. The highest BCUT2D eigenvalue weighted by Crippen LogP contribution is 2.26. The summed E-state index contributed by atoms with van der Waals surface area (Å²) < 4.78 is 10.7. The van der Waals surface area contributed by atoms with Crippen LogP contribution < -0.4 is 15.8 Å². The van der Waals surface area contributed by atoms with Gasteiger partial charge in [0.25, 0.3) is 0 Å². The molecule has 0 bridgehead atoms. The second-order valence-corrected chi connectivity index (χ2v) is 5.92. The minimum Gasteiger partial charge on any atom is -0.489 e. The number of ether oxygens (including phenoxy) is 2. The van der Waals surface area contributed by atoms with Crippen LogP contribution in [-0.4, -0.2) is 26.3 Å². The van der Waals surface area contributed by atoms with Crippen LogP contribution in [0.5, 0.6) is 5.75 Å². The standard InChI is InChI=1S/C17H20Cl2N2O2/c1-22-10-12(20)9-21-13-5-7-14(8-6-13)23-11-15-16(18)3-2-4-17(15)19/h2-8,12,21H,9-11,20H2,1H3. The van der Waals surface area contributed by atoms with Gasteiger partial charge in [-0.25, -0.2) is 0 Å². The number of halogens is 2. The van der Waals surface area contributed by atoms with Crippen LogP contribution in [-0.2, 0) is 11.3 Å². The minimum atomic E-state index is -0.0432. The normalized spacial score (nSPS) is 12.0. The van der Waals surface area contributed by atoms with Gasteiger partial charge in [0.05, 0.1) is 6.61 Å². The molecule has 0 aliphatic carbocycles. The van der Waals surface area contributed by atoms with Gasteiger partial charge in [0.15, 0.2) is 0 Å². The monoisotopic (exact) mass is 354 g/mol. The van der Waals surface area contributed by atoms with E-state index in [0.717, 1.165) is 17.0 Å². The van der Waals surface area contributed by atoms with Gasteiger partial charge in [0.1, 0.15) is 12.4 Å². The number of hydrogen-bond acceptors (Lipinski definition) is 4. The summed E-state index contributed by atoms with van der Waals surface area (Å²) in [5, 5.41) is 4.45. The maximum atomic E-state index is 6.12. The van der Waals surface area contributed by atoms with Crippen LogP contribution in [0.1, 0.15) is 5.56 Å². The van der Waals surface area contributed by atoms with Gasteiger partial charge in [0, 0.05) is 41.0 Å². The third-order valence-electron chi connectivity index (χ3n) is 3.25. The summed E-state index contributed by atoms with van der Waals surface area (Å²) in [5.41, 5.74) is 7.62. The van der Waals surface area contributed by atoms with Crippen molar-refractivity contribution in [1.82, 2.24) is 0 Å². The second-order valence-electron chi connectivity index (χ2n) is 5.11. The van der Waals surface area contributed by atoms with Gasteiger partial charge in [-0.15, -0.1) is 0 Å². The molecule has 0 aromatic heterocycles. The second kappa shape index (κ2) is 8.99. The lowest BCUT2D eigenvalue weighted by atomic mass is 10.2. The first-order valence-electron chi connectivity index (χ1n) is 7.24. The van der Waals surface area contributed by atoms with E-state index in [1.807, 2.05) is 30.3 Å². The van der Waals surface area contributed by atoms with Crippen LogP contribution in [0.2, 0.25) is 10.0 Å². The smallest absolute Gasteiger partial charge is 0.119 e. The molecular weight excluding hydrogens is 335 g/mol. The number of nitrogens with one attached hydrogen (secondary N) is 1. The summed E-state index contributed by atoms with van der Waals surface area (Å²) in [5.74, 6) is 0.743. The number of anilines is 1. The zero-order valence-electron chi connectivity index (χ0n) is 12.9. The highest BCUT2D eigenvalue weighted by Gasteiger charge is 2.06. The van der Waals surface area contributed by atoms with Gasteiger partial charge in [-0.05, 0) is 36.4 Å². The molecule has 0 spiro atoms. The van der Waals surface area contributed by atoms with Gasteiger partial charge < -0.3 is 20.5 Å². The molecule has 0 aliphatic heterocycles. The molecule has 1 atom stereocenters. The van der Waals surface area contributed by atoms with Crippen LogP contribution in [0.3, 0.4) is 0 Å². The minimum absolute atomic E-state index is 0.0432. The van der Waals surface area contributed by atoms with E-state index < -0.39 is 0 Å². The van der Waals surface area contributed by atoms with Crippen molar-refractivity contribution >= 4 is 28.9 Å². The molecule has 0 amide bonds. The Labute approximate surface area is 146 Å². The van der Waals surface area contributed by atoms with E-state index in [-0.39, 0.29) is 6.04 Å². The van der Waals surface area contributed by atoms with Crippen LogP contribution in [0, 0.1) is 0 Å². The van der Waals surface area contributed by atoms with Gasteiger partial charge in [0.2, 0.25) is 0 Å². The predicted octanol–water partition coefficient (Wildman–Crippen LogP) is 3.96. The number of rotatable bonds is 8. The predicted molar refractivity (Wildman–Crippen MR) is 95.6 cm³/mol. The summed E-state index contributed by atoms with van der Waals surface area (Å²) in [4.78, 5) is 0. The molecule has 2 rings (SSSR count). The molecule has 0 radical (unpaired) electrons. The van der Waals surface area contributed by atoms with Crippen molar-refractivity contribution in [2.45, 2.75) is 12.6 Å². The third-order valence-corrected chi connectivity index (χ3v) is 3.96. The maximum absolute atomic E-state index is 6.12. The number of methoxy groups -OCH3 is 1. The lowest BCUT2D eigenvalue weighted by Crippen LogP contribution is -2.33. The Morgan fingerprint density at radius 3 is 2.35 bits per heavy atom. The Morgan fingerprint density at radius 1 is 1.09 bits per heavy atom. The molecule has 4 nitrogen and oxygen atoms in total. The molecule has 0 saturated heterocycles. The first-order valence-corrected chi connectivity index (χ1v) is 8.00. The Bertz CT molecular complexity index is 600. The van der Waals surface area contributed by atoms with Crippen LogP contribution >= 0.6 is 23.2 Å². The molecule has 124 valence electrons. The fourth-order valence-corrected chi connectivity index (χ4v) is 2.52. The fraction of sp³-hybridized carbons (Fsp3) is 0.294. The SMILES string of the molecule is COCC(N)CNc1ccc(OCc2c(Cl)cccc2Cl)cc1. The molecule has 2 aromatic rings. The van der Waals surface area contributed by atoms with Gasteiger partial charge >= 0.3 is 0 Å². The Kier molecular flexibility index (Phi) is 6.99. The number of hydrogen-bond donors (Lipinski definition) is 2. The fourth-order valence-electron chi connectivity index (χ4n) is 2.02. The van der Waals surface area contributed by atoms with E-state index in [1.54, 1.807) is 19.2 Å². The molecule has 0 heterocycles. The molecule has 3 N–H and O–H groups in total. The van der Waals surface area contributed by atoms with Crippen molar-refractivity contribution in [2.24, 2.45) is 5.73 Å². The van der Waals surface area contributed by atoms with Crippen molar-refractivity contribution in [1.29, 1.82) is 0 Å². The summed E-state index contributed by atoms with van der Waals surface area (Å²) in [6.07, 6.45) is 0. The molecule has 2 aromatic carbocycles. The zero-order valence-corrected chi connectivity index (χ0v) is 14.4. The molecule has 0 fully saturated rings. The van der Waals surface area contributed by atoms with Gasteiger partial charge in [-0.1, -0.05) is 29.3 Å². The van der Waals surface area contributed by atoms with E-state index >= 15 is 0 Å². The number of nitrogens with two attached hydrogens (primary N) is 1. The lowest BCUT2D eigenvalue weighted by Gasteiger charge is -2.13. The Morgan fingerprint density at radius 2 is 1.74 bits per heavy atom. The van der Waals surface area contributed by atoms with E-state index in [4.69, 9.17) is 38.4 Å². The summed E-state index contributed by atoms with van der Waals surface area (Å²) in [6, 6.07) is 13.0. The lowest BCUT2D eigenvalue weighted by molar-refractivity contribution is 0.183. The maximum Gasteiger partial charge on any atom is 0.119 e. The Hall–Kier alpha value is -1.46.